The van der Waals surface area contributed by atoms with E-state index in [0.29, 0.717) is 19.6 Å². The minimum atomic E-state index is -0.756. The molecule has 1 aromatic rings. The van der Waals surface area contributed by atoms with Crippen LogP contribution in [0.25, 0.3) is 0 Å². The fourth-order valence-electron chi connectivity index (χ4n) is 1.97. The second kappa shape index (κ2) is 5.16. The highest BCUT2D eigenvalue weighted by Crippen LogP contribution is 2.18. The maximum atomic E-state index is 10.8. The first-order valence-electron chi connectivity index (χ1n) is 5.52. The zero-order valence-electron chi connectivity index (χ0n) is 9.37. The van der Waals surface area contributed by atoms with E-state index in [9.17, 15) is 4.79 Å². The van der Waals surface area contributed by atoms with E-state index in [2.05, 4.69) is 26.6 Å². The van der Waals surface area contributed by atoms with Crippen molar-refractivity contribution in [2.75, 3.05) is 13.1 Å². The number of carboxylic acids is 1. The second-order valence-corrected chi connectivity index (χ2v) is 5.35. The Labute approximate surface area is 109 Å². The largest absolute Gasteiger partial charge is 0.481 e. The van der Waals surface area contributed by atoms with Crippen LogP contribution in [0.5, 0.6) is 0 Å². The van der Waals surface area contributed by atoms with Crippen LogP contribution in [0.2, 0.25) is 0 Å². The van der Waals surface area contributed by atoms with Crippen molar-refractivity contribution in [2.45, 2.75) is 18.5 Å². The average molecular weight is 299 g/mol. The first-order valence-corrected chi connectivity index (χ1v) is 6.31. The predicted octanol–water partition coefficient (Wildman–Crippen LogP) is 1.36. The van der Waals surface area contributed by atoms with Gasteiger partial charge in [0.25, 0.3) is 0 Å². The molecule has 1 saturated heterocycles. The van der Waals surface area contributed by atoms with E-state index in [-0.39, 0.29) is 12.0 Å². The van der Waals surface area contributed by atoms with Gasteiger partial charge in [-0.1, -0.05) is 28.1 Å². The fourth-order valence-corrected chi connectivity index (χ4v) is 2.41. The molecule has 0 saturated carbocycles. The smallest absolute Gasteiger partial charge is 0.305 e. The standard InChI is InChI=1S/C12H15BrN2O2/c13-10-3-1-2-9(4-10)6-15-12(5-11(16)17)7-14-8-12/h1-4,14-15H,5-8H2,(H,16,17). The number of carbonyl (C=O) groups is 1. The predicted molar refractivity (Wildman–Crippen MR) is 68.8 cm³/mol. The van der Waals surface area contributed by atoms with E-state index in [1.807, 2.05) is 24.3 Å². The fraction of sp³-hybridized carbons (Fsp3) is 0.417. The summed E-state index contributed by atoms with van der Waals surface area (Å²) < 4.78 is 1.04. The number of hydrogen-bond donors (Lipinski definition) is 3. The van der Waals surface area contributed by atoms with E-state index < -0.39 is 5.97 Å². The Morgan fingerprint density at radius 2 is 2.29 bits per heavy atom. The van der Waals surface area contributed by atoms with Crippen molar-refractivity contribution in [3.63, 3.8) is 0 Å². The lowest BCUT2D eigenvalue weighted by Crippen LogP contribution is -2.68. The summed E-state index contributed by atoms with van der Waals surface area (Å²) in [7, 11) is 0. The maximum Gasteiger partial charge on any atom is 0.305 e. The Hall–Kier alpha value is -0.910. The molecule has 0 atom stereocenters. The summed E-state index contributed by atoms with van der Waals surface area (Å²) in [6.45, 7) is 2.12. The van der Waals surface area contributed by atoms with E-state index in [1.165, 1.54) is 0 Å². The zero-order valence-corrected chi connectivity index (χ0v) is 11.0. The molecule has 1 aliphatic rings. The van der Waals surface area contributed by atoms with Crippen molar-refractivity contribution in [2.24, 2.45) is 0 Å². The lowest BCUT2D eigenvalue weighted by molar-refractivity contribution is -0.139. The number of rotatable bonds is 5. The third kappa shape index (κ3) is 3.28. The third-order valence-electron chi connectivity index (χ3n) is 2.97. The SMILES string of the molecule is O=C(O)CC1(NCc2cccc(Br)c2)CNC1. The van der Waals surface area contributed by atoms with Gasteiger partial charge >= 0.3 is 5.97 Å². The average Bonchev–Trinajstić information content (AvgIpc) is 2.21. The molecule has 4 nitrogen and oxygen atoms in total. The van der Waals surface area contributed by atoms with Gasteiger partial charge in [-0.3, -0.25) is 4.79 Å². The Kier molecular flexibility index (Phi) is 3.81. The summed E-state index contributed by atoms with van der Waals surface area (Å²) in [6, 6.07) is 8.01. The quantitative estimate of drug-likeness (QED) is 0.768. The first-order chi connectivity index (χ1) is 8.10. The highest BCUT2D eigenvalue weighted by Gasteiger charge is 2.38. The van der Waals surface area contributed by atoms with Crippen molar-refractivity contribution >= 4 is 21.9 Å². The van der Waals surface area contributed by atoms with Crippen molar-refractivity contribution in [1.82, 2.24) is 10.6 Å². The molecule has 1 aromatic carbocycles. The van der Waals surface area contributed by atoms with Gasteiger partial charge in [-0.25, -0.2) is 0 Å². The van der Waals surface area contributed by atoms with Crippen molar-refractivity contribution in [3.05, 3.63) is 34.3 Å². The van der Waals surface area contributed by atoms with E-state index in [4.69, 9.17) is 5.11 Å². The van der Waals surface area contributed by atoms with Crippen LogP contribution in [0.1, 0.15) is 12.0 Å². The van der Waals surface area contributed by atoms with E-state index in [0.717, 1.165) is 10.0 Å². The minimum absolute atomic E-state index is 0.161. The van der Waals surface area contributed by atoms with Crippen LogP contribution in [0, 0.1) is 0 Å². The highest BCUT2D eigenvalue weighted by molar-refractivity contribution is 9.10. The molecule has 1 fully saturated rings. The maximum absolute atomic E-state index is 10.8. The molecular weight excluding hydrogens is 284 g/mol. The molecule has 0 unspecified atom stereocenters. The summed E-state index contributed by atoms with van der Waals surface area (Å²) in [4.78, 5) is 10.8. The lowest BCUT2D eigenvalue weighted by Gasteiger charge is -2.42. The van der Waals surface area contributed by atoms with Crippen LogP contribution in [-0.4, -0.2) is 29.7 Å². The molecule has 0 aromatic heterocycles. The first kappa shape index (κ1) is 12.5. The molecule has 92 valence electrons. The number of aliphatic carboxylic acids is 1. The molecule has 0 amide bonds. The van der Waals surface area contributed by atoms with Crippen molar-refractivity contribution in [1.29, 1.82) is 0 Å². The molecule has 1 heterocycles. The Balaban J connectivity index is 1.94. The Bertz CT molecular complexity index is 419. The normalized spacial score (nSPS) is 17.5. The van der Waals surface area contributed by atoms with Crippen LogP contribution in [-0.2, 0) is 11.3 Å². The summed E-state index contributed by atoms with van der Waals surface area (Å²) in [5.74, 6) is -0.756. The molecule has 0 radical (unpaired) electrons. The van der Waals surface area contributed by atoms with Gasteiger partial charge < -0.3 is 15.7 Å². The highest BCUT2D eigenvalue weighted by atomic mass is 79.9. The number of carboxylic acid groups (broad SMARTS) is 1. The van der Waals surface area contributed by atoms with Gasteiger partial charge in [-0.05, 0) is 17.7 Å². The molecule has 0 aliphatic carbocycles. The summed E-state index contributed by atoms with van der Waals surface area (Å²) in [6.07, 6.45) is 0.161. The van der Waals surface area contributed by atoms with Crippen molar-refractivity contribution in [3.8, 4) is 0 Å². The Morgan fingerprint density at radius 3 is 2.82 bits per heavy atom. The number of benzene rings is 1. The topological polar surface area (TPSA) is 61.4 Å². The van der Waals surface area contributed by atoms with Gasteiger partial charge in [0.05, 0.1) is 12.0 Å². The van der Waals surface area contributed by atoms with Crippen LogP contribution < -0.4 is 10.6 Å². The third-order valence-corrected chi connectivity index (χ3v) is 3.47. The van der Waals surface area contributed by atoms with Gasteiger partial charge in [0.2, 0.25) is 0 Å². The molecule has 0 bridgehead atoms. The molecule has 2 rings (SSSR count). The molecule has 17 heavy (non-hydrogen) atoms. The molecule has 0 spiro atoms. The van der Waals surface area contributed by atoms with Crippen LogP contribution in [0.3, 0.4) is 0 Å². The Morgan fingerprint density at radius 1 is 1.53 bits per heavy atom. The monoisotopic (exact) mass is 298 g/mol. The molecule has 1 aliphatic heterocycles. The van der Waals surface area contributed by atoms with Crippen LogP contribution in [0.4, 0.5) is 0 Å². The number of hydrogen-bond acceptors (Lipinski definition) is 3. The van der Waals surface area contributed by atoms with Gasteiger partial charge in [-0.15, -0.1) is 0 Å². The van der Waals surface area contributed by atoms with Gasteiger partial charge in [0, 0.05) is 24.1 Å². The molecule has 3 N–H and O–H groups in total. The summed E-state index contributed by atoms with van der Waals surface area (Å²) in [5, 5.41) is 15.3. The second-order valence-electron chi connectivity index (χ2n) is 4.44. The van der Waals surface area contributed by atoms with Gasteiger partial charge in [-0.2, -0.15) is 0 Å². The van der Waals surface area contributed by atoms with Crippen molar-refractivity contribution < 1.29 is 9.90 Å². The lowest BCUT2D eigenvalue weighted by atomic mass is 9.88. The summed E-state index contributed by atoms with van der Waals surface area (Å²) in [5.41, 5.74) is 0.866. The van der Waals surface area contributed by atoms with Gasteiger partial charge in [0.15, 0.2) is 0 Å². The number of halogens is 1. The van der Waals surface area contributed by atoms with Crippen LogP contribution in [0.15, 0.2) is 28.7 Å². The summed E-state index contributed by atoms with van der Waals surface area (Å²) >= 11 is 3.42. The number of nitrogens with one attached hydrogen (secondary N) is 2. The molecule has 5 heteroatoms. The van der Waals surface area contributed by atoms with E-state index >= 15 is 0 Å². The van der Waals surface area contributed by atoms with E-state index in [1.54, 1.807) is 0 Å². The minimum Gasteiger partial charge on any atom is -0.481 e. The zero-order chi connectivity index (χ0) is 12.3. The molecular formula is C12H15BrN2O2. The van der Waals surface area contributed by atoms with Crippen LogP contribution >= 0.6 is 15.9 Å². The van der Waals surface area contributed by atoms with Gasteiger partial charge in [0.1, 0.15) is 0 Å².